The first-order chi connectivity index (χ1) is 8.67. The highest BCUT2D eigenvalue weighted by atomic mass is 16.2. The number of hydrogen-bond acceptors (Lipinski definition) is 2. The van der Waals surface area contributed by atoms with Crippen molar-refractivity contribution in [2.24, 2.45) is 0 Å². The van der Waals surface area contributed by atoms with Gasteiger partial charge in [0.2, 0.25) is 0 Å². The molecule has 18 heavy (non-hydrogen) atoms. The first-order valence-electron chi connectivity index (χ1n) is 5.84. The predicted octanol–water partition coefficient (Wildman–Crippen LogP) is 2.86. The minimum absolute atomic E-state index is 0.267. The Morgan fingerprint density at radius 2 is 2.11 bits per heavy atom. The maximum atomic E-state index is 11.7. The molecule has 0 bridgehead atoms. The zero-order valence-corrected chi connectivity index (χ0v) is 10.5. The molecule has 0 fully saturated rings. The van der Waals surface area contributed by atoms with Gasteiger partial charge in [-0.3, -0.25) is 4.68 Å². The number of aromatic nitrogens is 2. The van der Waals surface area contributed by atoms with Gasteiger partial charge in [0.1, 0.15) is 0 Å². The van der Waals surface area contributed by atoms with Crippen molar-refractivity contribution in [1.82, 2.24) is 9.78 Å². The topological polar surface area (TPSA) is 59.0 Å². The van der Waals surface area contributed by atoms with Crippen LogP contribution in [0.2, 0.25) is 0 Å². The van der Waals surface area contributed by atoms with Crippen molar-refractivity contribution < 1.29 is 4.79 Å². The van der Waals surface area contributed by atoms with Crippen molar-refractivity contribution in [3.05, 3.63) is 42.2 Å². The van der Waals surface area contributed by atoms with Crippen LogP contribution < -0.4 is 10.6 Å². The maximum Gasteiger partial charge on any atom is 0.323 e. The number of nitrogens with zero attached hydrogens (tertiary/aromatic N) is 2. The van der Waals surface area contributed by atoms with E-state index >= 15 is 0 Å². The summed E-state index contributed by atoms with van der Waals surface area (Å²) in [7, 11) is 0. The average Bonchev–Trinajstić information content (AvgIpc) is 2.76. The maximum absolute atomic E-state index is 11.7. The Kier molecular flexibility index (Phi) is 3.62. The number of benzene rings is 1. The lowest BCUT2D eigenvalue weighted by Crippen LogP contribution is -2.19. The highest BCUT2D eigenvalue weighted by Gasteiger charge is 2.04. The highest BCUT2D eigenvalue weighted by molar-refractivity contribution is 5.99. The van der Waals surface area contributed by atoms with Gasteiger partial charge in [-0.05, 0) is 31.5 Å². The second kappa shape index (κ2) is 5.35. The summed E-state index contributed by atoms with van der Waals surface area (Å²) in [5, 5.41) is 9.59. The molecule has 5 heteroatoms. The van der Waals surface area contributed by atoms with Gasteiger partial charge in [0.05, 0.1) is 11.9 Å². The van der Waals surface area contributed by atoms with E-state index in [4.69, 9.17) is 0 Å². The summed E-state index contributed by atoms with van der Waals surface area (Å²) in [6.07, 6.45) is 3.41. The van der Waals surface area contributed by atoms with E-state index in [1.807, 2.05) is 38.1 Å². The van der Waals surface area contributed by atoms with Gasteiger partial charge in [0.25, 0.3) is 0 Å². The smallest absolute Gasteiger partial charge is 0.308 e. The Hall–Kier alpha value is -2.30. The number of rotatable bonds is 3. The fourth-order valence-electron chi connectivity index (χ4n) is 1.62. The molecule has 0 saturated heterocycles. The van der Waals surface area contributed by atoms with E-state index in [-0.39, 0.29) is 6.03 Å². The molecule has 5 nitrogen and oxygen atoms in total. The third-order valence-electron chi connectivity index (χ3n) is 2.49. The molecule has 0 aliphatic rings. The fourth-order valence-corrected chi connectivity index (χ4v) is 1.62. The van der Waals surface area contributed by atoms with Crippen molar-refractivity contribution in [1.29, 1.82) is 0 Å². The van der Waals surface area contributed by atoms with E-state index in [9.17, 15) is 4.79 Å². The first kappa shape index (κ1) is 12.2. The number of nitrogens with one attached hydrogen (secondary N) is 2. The normalized spacial score (nSPS) is 10.1. The van der Waals surface area contributed by atoms with Crippen molar-refractivity contribution in [3.8, 4) is 0 Å². The van der Waals surface area contributed by atoms with E-state index in [1.54, 1.807) is 17.1 Å². The quantitative estimate of drug-likeness (QED) is 0.872. The lowest BCUT2D eigenvalue weighted by Gasteiger charge is -2.06. The monoisotopic (exact) mass is 244 g/mol. The number of amides is 2. The van der Waals surface area contributed by atoms with Crippen LogP contribution >= 0.6 is 0 Å². The Labute approximate surface area is 106 Å². The van der Waals surface area contributed by atoms with Gasteiger partial charge in [-0.2, -0.15) is 5.10 Å². The third-order valence-corrected chi connectivity index (χ3v) is 2.49. The summed E-state index contributed by atoms with van der Waals surface area (Å²) in [5.74, 6) is 0. The minimum Gasteiger partial charge on any atom is -0.308 e. The fraction of sp³-hybridized carbons (Fsp3) is 0.231. The van der Waals surface area contributed by atoms with Gasteiger partial charge < -0.3 is 10.6 Å². The van der Waals surface area contributed by atoms with Gasteiger partial charge in [0.15, 0.2) is 0 Å². The Balaban J connectivity index is 1.96. The second-order valence-corrected chi connectivity index (χ2v) is 4.03. The molecule has 2 amide bonds. The second-order valence-electron chi connectivity index (χ2n) is 4.03. The predicted molar refractivity (Wildman–Crippen MR) is 71.7 cm³/mol. The lowest BCUT2D eigenvalue weighted by molar-refractivity contribution is 0.262. The molecule has 2 aromatic rings. The molecular formula is C13H16N4O. The molecule has 1 aromatic carbocycles. The SMILES string of the molecule is CCn1cc(NC(=O)Nc2cccc(C)c2)cn1. The molecular weight excluding hydrogens is 228 g/mol. The van der Waals surface area contributed by atoms with Crippen LogP contribution in [-0.2, 0) is 6.54 Å². The molecule has 94 valence electrons. The first-order valence-corrected chi connectivity index (χ1v) is 5.84. The van der Waals surface area contributed by atoms with Crippen LogP contribution in [0.25, 0.3) is 0 Å². The molecule has 0 aliphatic carbocycles. The molecule has 1 aromatic heterocycles. The number of carbonyl (C=O) groups excluding carboxylic acids is 1. The van der Waals surface area contributed by atoms with Crippen molar-refractivity contribution in [2.75, 3.05) is 10.6 Å². The van der Waals surface area contributed by atoms with Crippen LogP contribution in [0.5, 0.6) is 0 Å². The van der Waals surface area contributed by atoms with E-state index in [0.717, 1.165) is 17.8 Å². The van der Waals surface area contributed by atoms with Crippen LogP contribution in [0.4, 0.5) is 16.2 Å². The van der Waals surface area contributed by atoms with Crippen LogP contribution in [-0.4, -0.2) is 15.8 Å². The van der Waals surface area contributed by atoms with Gasteiger partial charge in [0, 0.05) is 18.4 Å². The largest absolute Gasteiger partial charge is 0.323 e. The molecule has 0 unspecified atom stereocenters. The number of aryl methyl sites for hydroxylation is 2. The Bertz CT molecular complexity index is 547. The lowest BCUT2D eigenvalue weighted by atomic mass is 10.2. The molecule has 1 heterocycles. The number of urea groups is 1. The number of anilines is 2. The molecule has 0 saturated carbocycles. The van der Waals surface area contributed by atoms with E-state index in [1.165, 1.54) is 0 Å². The van der Waals surface area contributed by atoms with Crippen molar-refractivity contribution in [3.63, 3.8) is 0 Å². The molecule has 0 radical (unpaired) electrons. The van der Waals surface area contributed by atoms with Gasteiger partial charge in [-0.25, -0.2) is 4.79 Å². The molecule has 0 spiro atoms. The molecule has 0 aliphatic heterocycles. The van der Waals surface area contributed by atoms with Crippen molar-refractivity contribution in [2.45, 2.75) is 20.4 Å². The zero-order valence-electron chi connectivity index (χ0n) is 10.5. The van der Waals surface area contributed by atoms with Crippen LogP contribution in [0.1, 0.15) is 12.5 Å². The average molecular weight is 244 g/mol. The summed E-state index contributed by atoms with van der Waals surface area (Å²) in [4.78, 5) is 11.7. The highest BCUT2D eigenvalue weighted by Crippen LogP contribution is 2.11. The summed E-state index contributed by atoms with van der Waals surface area (Å²) in [6.45, 7) is 4.75. The van der Waals surface area contributed by atoms with Gasteiger partial charge >= 0.3 is 6.03 Å². The summed E-state index contributed by atoms with van der Waals surface area (Å²) in [5.41, 5.74) is 2.56. The summed E-state index contributed by atoms with van der Waals surface area (Å²) >= 11 is 0. The molecule has 2 rings (SSSR count). The molecule has 2 N–H and O–H groups in total. The number of carbonyl (C=O) groups is 1. The molecule has 0 atom stereocenters. The summed E-state index contributed by atoms with van der Waals surface area (Å²) < 4.78 is 1.75. The van der Waals surface area contributed by atoms with Crippen LogP contribution in [0.15, 0.2) is 36.7 Å². The van der Waals surface area contributed by atoms with E-state index < -0.39 is 0 Å². The zero-order chi connectivity index (χ0) is 13.0. The number of hydrogen-bond donors (Lipinski definition) is 2. The Morgan fingerprint density at radius 3 is 2.78 bits per heavy atom. The van der Waals surface area contributed by atoms with Crippen molar-refractivity contribution >= 4 is 17.4 Å². The third kappa shape index (κ3) is 3.10. The summed E-state index contributed by atoms with van der Waals surface area (Å²) in [6, 6.07) is 7.38. The standard InChI is InChI=1S/C13H16N4O/c1-3-17-9-12(8-14-17)16-13(18)15-11-6-4-5-10(2)7-11/h4-9H,3H2,1-2H3,(H2,15,16,18). The van der Waals surface area contributed by atoms with Gasteiger partial charge in [-0.1, -0.05) is 12.1 Å². The van der Waals surface area contributed by atoms with Crippen LogP contribution in [0.3, 0.4) is 0 Å². The van der Waals surface area contributed by atoms with E-state index in [2.05, 4.69) is 15.7 Å². The van der Waals surface area contributed by atoms with Crippen LogP contribution in [0, 0.1) is 6.92 Å². The minimum atomic E-state index is -0.267. The van der Waals surface area contributed by atoms with E-state index in [0.29, 0.717) is 5.69 Å². The Morgan fingerprint density at radius 1 is 1.33 bits per heavy atom. The van der Waals surface area contributed by atoms with Gasteiger partial charge in [-0.15, -0.1) is 0 Å².